The molecule has 2 heterocycles. The minimum absolute atomic E-state index is 0.255. The number of rotatable bonds is 4. The summed E-state index contributed by atoms with van der Waals surface area (Å²) in [5.41, 5.74) is 0.946. The number of carbonyl (C=O) groups is 1. The second-order valence-corrected chi connectivity index (χ2v) is 3.67. The maximum Gasteiger partial charge on any atom is 0.337 e. The predicted molar refractivity (Wildman–Crippen MR) is 58.6 cm³/mol. The average Bonchev–Trinajstić information content (AvgIpc) is 2.68. The van der Waals surface area contributed by atoms with Crippen LogP contribution in [0.2, 0.25) is 0 Å². The van der Waals surface area contributed by atoms with Crippen LogP contribution in [0.3, 0.4) is 0 Å². The number of carboxylic acids is 1. The summed E-state index contributed by atoms with van der Waals surface area (Å²) in [5, 5.41) is 16.9. The fourth-order valence-electron chi connectivity index (χ4n) is 1.57. The average molecular weight is 219 g/mol. The van der Waals surface area contributed by atoms with Gasteiger partial charge in [0.25, 0.3) is 0 Å². The van der Waals surface area contributed by atoms with E-state index in [1.54, 1.807) is 16.7 Å². The monoisotopic (exact) mass is 219 g/mol. The third-order valence-electron chi connectivity index (χ3n) is 2.47. The van der Waals surface area contributed by atoms with Gasteiger partial charge in [-0.1, -0.05) is 13.3 Å². The molecule has 16 heavy (non-hydrogen) atoms. The van der Waals surface area contributed by atoms with Crippen LogP contribution in [0.25, 0.3) is 5.65 Å². The van der Waals surface area contributed by atoms with Gasteiger partial charge in [0.05, 0.1) is 5.56 Å². The third-order valence-corrected chi connectivity index (χ3v) is 2.47. The number of hydrogen-bond donors (Lipinski definition) is 1. The maximum atomic E-state index is 10.8. The lowest BCUT2D eigenvalue weighted by atomic mass is 10.2. The third kappa shape index (κ3) is 1.88. The number of unbranched alkanes of at least 4 members (excludes halogenated alkanes) is 1. The molecule has 0 amide bonds. The van der Waals surface area contributed by atoms with Crippen LogP contribution in [-0.4, -0.2) is 25.7 Å². The first-order valence-electron chi connectivity index (χ1n) is 5.29. The molecule has 5 nitrogen and oxygen atoms in total. The van der Waals surface area contributed by atoms with Gasteiger partial charge in [0.1, 0.15) is 5.82 Å². The van der Waals surface area contributed by atoms with E-state index in [2.05, 4.69) is 17.1 Å². The Labute approximate surface area is 92.7 Å². The number of pyridine rings is 1. The molecule has 0 unspecified atom stereocenters. The van der Waals surface area contributed by atoms with Crippen molar-refractivity contribution in [2.45, 2.75) is 26.2 Å². The molecule has 1 N–H and O–H groups in total. The smallest absolute Gasteiger partial charge is 0.337 e. The van der Waals surface area contributed by atoms with Gasteiger partial charge in [-0.3, -0.25) is 4.40 Å². The molecule has 0 aromatic carbocycles. The van der Waals surface area contributed by atoms with E-state index in [9.17, 15) is 4.79 Å². The van der Waals surface area contributed by atoms with Gasteiger partial charge in [0, 0.05) is 12.6 Å². The van der Waals surface area contributed by atoms with E-state index in [1.165, 1.54) is 6.07 Å². The van der Waals surface area contributed by atoms with Crippen molar-refractivity contribution in [3.63, 3.8) is 0 Å². The summed E-state index contributed by atoms with van der Waals surface area (Å²) >= 11 is 0. The van der Waals surface area contributed by atoms with E-state index in [1.807, 2.05) is 0 Å². The van der Waals surface area contributed by atoms with Crippen molar-refractivity contribution in [1.29, 1.82) is 0 Å². The van der Waals surface area contributed by atoms with E-state index in [4.69, 9.17) is 5.11 Å². The minimum Gasteiger partial charge on any atom is -0.478 e. The van der Waals surface area contributed by atoms with Crippen LogP contribution in [-0.2, 0) is 6.42 Å². The van der Waals surface area contributed by atoms with Gasteiger partial charge in [-0.15, -0.1) is 10.2 Å². The molecule has 84 valence electrons. The summed E-state index contributed by atoms with van der Waals surface area (Å²) in [6, 6.07) is 3.21. The van der Waals surface area contributed by atoms with Crippen molar-refractivity contribution in [3.8, 4) is 0 Å². The fourth-order valence-corrected chi connectivity index (χ4v) is 1.57. The number of aromatic carboxylic acids is 1. The topological polar surface area (TPSA) is 67.5 Å². The van der Waals surface area contributed by atoms with Crippen LogP contribution in [0.15, 0.2) is 18.3 Å². The predicted octanol–water partition coefficient (Wildman–Crippen LogP) is 1.77. The van der Waals surface area contributed by atoms with Crippen LogP contribution >= 0.6 is 0 Å². The highest BCUT2D eigenvalue weighted by Gasteiger charge is 2.08. The fraction of sp³-hybridized carbons (Fsp3) is 0.364. The van der Waals surface area contributed by atoms with Crippen molar-refractivity contribution in [3.05, 3.63) is 29.7 Å². The van der Waals surface area contributed by atoms with Gasteiger partial charge in [-0.25, -0.2) is 4.79 Å². The lowest BCUT2D eigenvalue weighted by Crippen LogP contribution is -2.01. The van der Waals surface area contributed by atoms with Gasteiger partial charge < -0.3 is 5.11 Å². The molecule has 0 aliphatic heterocycles. The van der Waals surface area contributed by atoms with Crippen molar-refractivity contribution < 1.29 is 9.90 Å². The summed E-state index contributed by atoms with van der Waals surface area (Å²) in [6.45, 7) is 2.10. The molecule has 0 fully saturated rings. The second-order valence-electron chi connectivity index (χ2n) is 3.67. The zero-order chi connectivity index (χ0) is 11.5. The van der Waals surface area contributed by atoms with Crippen molar-refractivity contribution in [1.82, 2.24) is 14.6 Å². The van der Waals surface area contributed by atoms with Crippen LogP contribution in [0.4, 0.5) is 0 Å². The SMILES string of the molecule is CCCCc1nnc2ccc(C(=O)O)cn12. The Hall–Kier alpha value is -1.91. The Kier molecular flexibility index (Phi) is 2.85. The standard InChI is InChI=1S/C11H13N3O2/c1-2-3-4-9-12-13-10-6-5-8(11(15)16)7-14(9)10/h5-7H,2-4H2,1H3,(H,15,16). The summed E-state index contributed by atoms with van der Waals surface area (Å²) in [5.74, 6) is -0.114. The molecule has 0 saturated carbocycles. The highest BCUT2D eigenvalue weighted by Crippen LogP contribution is 2.09. The van der Waals surface area contributed by atoms with Gasteiger partial charge in [-0.2, -0.15) is 0 Å². The first-order chi connectivity index (χ1) is 7.72. The molecule has 2 aromatic rings. The summed E-state index contributed by atoms with van der Waals surface area (Å²) in [7, 11) is 0. The van der Waals surface area contributed by atoms with Gasteiger partial charge in [0.15, 0.2) is 5.65 Å². The molecular formula is C11H13N3O2. The molecule has 5 heteroatoms. The molecule has 0 saturated heterocycles. The van der Waals surface area contributed by atoms with Crippen molar-refractivity contribution >= 4 is 11.6 Å². The highest BCUT2D eigenvalue weighted by molar-refractivity contribution is 5.87. The van der Waals surface area contributed by atoms with Crippen LogP contribution in [0.1, 0.15) is 35.9 Å². The summed E-state index contributed by atoms with van der Waals surface area (Å²) in [4.78, 5) is 10.8. The first-order valence-corrected chi connectivity index (χ1v) is 5.29. The second kappa shape index (κ2) is 4.30. The largest absolute Gasteiger partial charge is 0.478 e. The lowest BCUT2D eigenvalue weighted by Gasteiger charge is -2.00. The van der Waals surface area contributed by atoms with Crippen LogP contribution in [0, 0.1) is 0 Å². The van der Waals surface area contributed by atoms with Crippen LogP contribution < -0.4 is 0 Å². The number of hydrogen-bond acceptors (Lipinski definition) is 3. The maximum absolute atomic E-state index is 10.8. The van der Waals surface area contributed by atoms with Crippen molar-refractivity contribution in [2.75, 3.05) is 0 Å². The normalized spacial score (nSPS) is 10.8. The molecule has 0 radical (unpaired) electrons. The Morgan fingerprint density at radius 1 is 1.44 bits per heavy atom. The summed E-state index contributed by atoms with van der Waals surface area (Å²) in [6.07, 6.45) is 4.50. The van der Waals surface area contributed by atoms with E-state index >= 15 is 0 Å². The number of aryl methyl sites for hydroxylation is 1. The highest BCUT2D eigenvalue weighted by atomic mass is 16.4. The Morgan fingerprint density at radius 2 is 2.25 bits per heavy atom. The zero-order valence-corrected chi connectivity index (χ0v) is 9.05. The zero-order valence-electron chi connectivity index (χ0n) is 9.05. The molecule has 0 aliphatic carbocycles. The number of carboxylic acid groups (broad SMARTS) is 1. The number of fused-ring (bicyclic) bond motifs is 1. The Morgan fingerprint density at radius 3 is 2.94 bits per heavy atom. The number of nitrogens with zero attached hydrogens (tertiary/aromatic N) is 3. The molecule has 2 aromatic heterocycles. The lowest BCUT2D eigenvalue weighted by molar-refractivity contribution is 0.0696. The van der Waals surface area contributed by atoms with E-state index in [-0.39, 0.29) is 5.56 Å². The van der Waals surface area contributed by atoms with Gasteiger partial charge in [-0.05, 0) is 18.6 Å². The van der Waals surface area contributed by atoms with Crippen molar-refractivity contribution in [2.24, 2.45) is 0 Å². The molecular weight excluding hydrogens is 206 g/mol. The van der Waals surface area contributed by atoms with E-state index < -0.39 is 5.97 Å². The summed E-state index contributed by atoms with van der Waals surface area (Å²) < 4.78 is 1.75. The van der Waals surface area contributed by atoms with E-state index in [0.29, 0.717) is 5.65 Å². The quantitative estimate of drug-likeness (QED) is 0.850. The van der Waals surface area contributed by atoms with E-state index in [0.717, 1.165) is 25.1 Å². The first kappa shape index (κ1) is 10.6. The molecule has 0 spiro atoms. The Bertz CT molecular complexity index is 519. The van der Waals surface area contributed by atoms with Gasteiger partial charge >= 0.3 is 5.97 Å². The Balaban J connectivity index is 2.43. The van der Waals surface area contributed by atoms with Crippen LogP contribution in [0.5, 0.6) is 0 Å². The molecule has 2 rings (SSSR count). The molecule has 0 atom stereocenters. The van der Waals surface area contributed by atoms with Gasteiger partial charge in [0.2, 0.25) is 0 Å². The molecule has 0 bridgehead atoms. The minimum atomic E-state index is -0.933. The number of aromatic nitrogens is 3. The molecule has 0 aliphatic rings.